The predicted octanol–water partition coefficient (Wildman–Crippen LogP) is 2.46. The minimum absolute atomic E-state index is 0.00324. The Kier molecular flexibility index (Phi) is 6.00. The molecule has 4 aromatic rings. The molecule has 11 heteroatoms. The van der Waals surface area contributed by atoms with Crippen LogP contribution in [0.4, 0.5) is 11.5 Å². The molecule has 0 saturated heterocycles. The number of nitrogen functional groups attached to an aromatic ring is 1. The first kappa shape index (κ1) is 22.5. The van der Waals surface area contributed by atoms with Crippen LogP contribution in [0.25, 0.3) is 22.3 Å². The van der Waals surface area contributed by atoms with Crippen molar-refractivity contribution in [3.63, 3.8) is 0 Å². The molecule has 4 heterocycles. The van der Waals surface area contributed by atoms with Crippen molar-refractivity contribution in [3.8, 4) is 11.1 Å². The first-order chi connectivity index (χ1) is 16.3. The number of nitrogens with one attached hydrogen (secondary N) is 3. The van der Waals surface area contributed by atoms with Crippen molar-refractivity contribution in [1.82, 2.24) is 29.8 Å². The third-order valence-electron chi connectivity index (χ3n) is 5.13. The normalized spacial score (nSPS) is 10.8. The summed E-state index contributed by atoms with van der Waals surface area (Å²) in [4.78, 5) is 45.7. The van der Waals surface area contributed by atoms with Gasteiger partial charge < -0.3 is 20.9 Å². The first-order valence-electron chi connectivity index (χ1n) is 10.4. The summed E-state index contributed by atoms with van der Waals surface area (Å²) in [5.74, 6) is 0.0201. The number of H-pyrrole nitrogens is 1. The van der Waals surface area contributed by atoms with E-state index in [2.05, 4.69) is 30.2 Å². The van der Waals surface area contributed by atoms with Gasteiger partial charge in [0.1, 0.15) is 11.5 Å². The van der Waals surface area contributed by atoms with Gasteiger partial charge in [-0.15, -0.1) is 0 Å². The van der Waals surface area contributed by atoms with E-state index in [1.165, 1.54) is 11.1 Å². The molecule has 0 unspecified atom stereocenters. The molecule has 5 N–H and O–H groups in total. The highest BCUT2D eigenvalue weighted by Crippen LogP contribution is 2.26. The number of imidazole rings is 1. The van der Waals surface area contributed by atoms with Crippen LogP contribution in [0.3, 0.4) is 0 Å². The highest BCUT2D eigenvalue weighted by Gasteiger charge is 2.20. The standard InChI is InChI=1S/C23H23N9O2/c1-4-17(33)29-14-7-12(9-26-11-14)13-8-16(20(25)28-10-13)18(24)21-30-19-15(23(34)32(2)3)5-6-27-22(19)31-21/h5-11,24H,4H2,1-3H3,(H2,25,28)(H,29,33)(H,27,30,31). The molecule has 0 aliphatic rings. The molecule has 2 amide bonds. The second-order valence-electron chi connectivity index (χ2n) is 7.74. The quantitative estimate of drug-likeness (QED) is 0.323. The van der Waals surface area contributed by atoms with E-state index < -0.39 is 0 Å². The lowest BCUT2D eigenvalue weighted by Crippen LogP contribution is -2.22. The zero-order valence-electron chi connectivity index (χ0n) is 18.9. The smallest absolute Gasteiger partial charge is 0.255 e. The van der Waals surface area contributed by atoms with Crippen LogP contribution in [-0.4, -0.2) is 61.4 Å². The van der Waals surface area contributed by atoms with Crippen molar-refractivity contribution in [2.75, 3.05) is 25.1 Å². The highest BCUT2D eigenvalue weighted by atomic mass is 16.2. The van der Waals surface area contributed by atoms with E-state index in [0.717, 1.165) is 0 Å². The van der Waals surface area contributed by atoms with Crippen LogP contribution in [0.15, 0.2) is 43.0 Å². The van der Waals surface area contributed by atoms with Gasteiger partial charge in [-0.3, -0.25) is 20.0 Å². The van der Waals surface area contributed by atoms with Crippen LogP contribution in [0.5, 0.6) is 0 Å². The molecule has 0 saturated carbocycles. The van der Waals surface area contributed by atoms with Gasteiger partial charge in [-0.1, -0.05) is 6.92 Å². The molecule has 0 aromatic carbocycles. The molecule has 4 aromatic heterocycles. The van der Waals surface area contributed by atoms with E-state index in [0.29, 0.717) is 45.5 Å². The number of hydrogen-bond acceptors (Lipinski definition) is 8. The number of rotatable bonds is 6. The number of anilines is 2. The summed E-state index contributed by atoms with van der Waals surface area (Å²) < 4.78 is 0. The van der Waals surface area contributed by atoms with Gasteiger partial charge in [0.05, 0.1) is 23.0 Å². The average Bonchev–Trinajstić information content (AvgIpc) is 3.28. The molecule has 0 aliphatic heterocycles. The molecule has 34 heavy (non-hydrogen) atoms. The third-order valence-corrected chi connectivity index (χ3v) is 5.13. The number of amides is 2. The zero-order valence-corrected chi connectivity index (χ0v) is 18.9. The van der Waals surface area contributed by atoms with Crippen molar-refractivity contribution in [3.05, 3.63) is 59.9 Å². The number of aromatic nitrogens is 5. The van der Waals surface area contributed by atoms with Crippen LogP contribution in [0.2, 0.25) is 0 Å². The Morgan fingerprint density at radius 3 is 2.62 bits per heavy atom. The minimum atomic E-state index is -0.208. The monoisotopic (exact) mass is 457 g/mol. The molecule has 172 valence electrons. The fraction of sp³-hybridized carbons (Fsp3) is 0.174. The Hall–Kier alpha value is -4.67. The number of hydrogen-bond donors (Lipinski definition) is 4. The Morgan fingerprint density at radius 1 is 1.12 bits per heavy atom. The topological polar surface area (TPSA) is 167 Å². The fourth-order valence-electron chi connectivity index (χ4n) is 3.33. The summed E-state index contributed by atoms with van der Waals surface area (Å²) >= 11 is 0. The average molecular weight is 457 g/mol. The minimum Gasteiger partial charge on any atom is -0.383 e. The van der Waals surface area contributed by atoms with Crippen LogP contribution in [0, 0.1) is 5.41 Å². The van der Waals surface area contributed by atoms with Crippen LogP contribution in [0.1, 0.15) is 35.1 Å². The van der Waals surface area contributed by atoms with Crippen LogP contribution in [-0.2, 0) is 4.79 Å². The number of fused-ring (bicyclic) bond motifs is 1. The predicted molar refractivity (Wildman–Crippen MR) is 129 cm³/mol. The molecule has 0 spiro atoms. The number of carbonyl (C=O) groups is 2. The lowest BCUT2D eigenvalue weighted by Gasteiger charge is -2.10. The molecule has 0 bridgehead atoms. The Bertz CT molecular complexity index is 1430. The summed E-state index contributed by atoms with van der Waals surface area (Å²) in [5.41, 5.74) is 9.50. The maximum Gasteiger partial charge on any atom is 0.255 e. The summed E-state index contributed by atoms with van der Waals surface area (Å²) in [6, 6.07) is 5.08. The SMILES string of the molecule is CCC(=O)Nc1cncc(-c2cnc(N)c(C(=N)c3nc4nccc(C(=O)N(C)C)c4[nH]3)c2)c1. The van der Waals surface area contributed by atoms with Crippen LogP contribution >= 0.6 is 0 Å². The van der Waals surface area contributed by atoms with E-state index in [-0.39, 0.29) is 29.2 Å². The van der Waals surface area contributed by atoms with Crippen molar-refractivity contribution < 1.29 is 9.59 Å². The number of carbonyl (C=O) groups excluding carboxylic acids is 2. The van der Waals surface area contributed by atoms with E-state index in [9.17, 15) is 9.59 Å². The maximum absolute atomic E-state index is 12.5. The summed E-state index contributed by atoms with van der Waals surface area (Å²) in [5, 5.41) is 11.5. The van der Waals surface area contributed by atoms with E-state index in [1.807, 2.05) is 0 Å². The number of nitrogens with zero attached hydrogens (tertiary/aromatic N) is 5. The van der Waals surface area contributed by atoms with Gasteiger partial charge in [-0.2, -0.15) is 0 Å². The molecular formula is C23H23N9O2. The Morgan fingerprint density at radius 2 is 1.88 bits per heavy atom. The van der Waals surface area contributed by atoms with Gasteiger partial charge in [0.25, 0.3) is 5.91 Å². The molecule has 0 fully saturated rings. The maximum atomic E-state index is 12.5. The number of aromatic amines is 1. The summed E-state index contributed by atoms with van der Waals surface area (Å²) in [7, 11) is 3.31. The van der Waals surface area contributed by atoms with Gasteiger partial charge in [0, 0.05) is 55.8 Å². The van der Waals surface area contributed by atoms with Gasteiger partial charge in [0.2, 0.25) is 5.91 Å². The van der Waals surface area contributed by atoms with E-state index in [4.69, 9.17) is 11.1 Å². The molecule has 0 aliphatic carbocycles. The summed E-state index contributed by atoms with van der Waals surface area (Å²) in [6.45, 7) is 1.77. The first-order valence-corrected chi connectivity index (χ1v) is 10.4. The lowest BCUT2D eigenvalue weighted by molar-refractivity contribution is -0.115. The van der Waals surface area contributed by atoms with E-state index in [1.54, 1.807) is 57.8 Å². The largest absolute Gasteiger partial charge is 0.383 e. The Labute approximate surface area is 195 Å². The van der Waals surface area contributed by atoms with E-state index >= 15 is 0 Å². The molecule has 0 radical (unpaired) electrons. The number of nitrogens with two attached hydrogens (primary N) is 1. The van der Waals surface area contributed by atoms with Crippen molar-refractivity contribution in [1.29, 1.82) is 5.41 Å². The van der Waals surface area contributed by atoms with Crippen LogP contribution < -0.4 is 11.1 Å². The van der Waals surface area contributed by atoms with Gasteiger partial charge in [-0.05, 0) is 18.2 Å². The van der Waals surface area contributed by atoms with Gasteiger partial charge >= 0.3 is 0 Å². The highest BCUT2D eigenvalue weighted by molar-refractivity contribution is 6.13. The van der Waals surface area contributed by atoms with Crippen molar-refractivity contribution in [2.24, 2.45) is 0 Å². The van der Waals surface area contributed by atoms with Crippen molar-refractivity contribution in [2.45, 2.75) is 13.3 Å². The molecule has 0 atom stereocenters. The second kappa shape index (κ2) is 9.06. The molecule has 11 nitrogen and oxygen atoms in total. The number of pyridine rings is 3. The van der Waals surface area contributed by atoms with Gasteiger partial charge in [0.15, 0.2) is 11.5 Å². The second-order valence-corrected chi connectivity index (χ2v) is 7.74. The fourth-order valence-corrected chi connectivity index (χ4v) is 3.33. The van der Waals surface area contributed by atoms with Crippen molar-refractivity contribution >= 4 is 40.2 Å². The third kappa shape index (κ3) is 4.31. The zero-order chi connectivity index (χ0) is 24.4. The molecular weight excluding hydrogens is 434 g/mol. The lowest BCUT2D eigenvalue weighted by atomic mass is 10.0. The summed E-state index contributed by atoms with van der Waals surface area (Å²) in [6.07, 6.45) is 6.61. The molecule has 4 rings (SSSR count). The van der Waals surface area contributed by atoms with Gasteiger partial charge in [-0.25, -0.2) is 15.0 Å². The Balaban J connectivity index is 1.72.